The van der Waals surface area contributed by atoms with E-state index in [0.29, 0.717) is 12.6 Å². The molecule has 3 saturated heterocycles. The summed E-state index contributed by atoms with van der Waals surface area (Å²) in [7, 11) is 0. The number of rotatable bonds is 1. The molecule has 0 radical (unpaired) electrons. The highest BCUT2D eigenvalue weighted by molar-refractivity contribution is 6.05. The number of hydrogen-bond acceptors (Lipinski definition) is 3. The zero-order valence-electron chi connectivity index (χ0n) is 7.94. The lowest BCUT2D eigenvalue weighted by atomic mass is 9.94. The molecule has 1 amide bonds. The van der Waals surface area contributed by atoms with Gasteiger partial charge < -0.3 is 9.64 Å². The van der Waals surface area contributed by atoms with Crippen molar-refractivity contribution in [3.05, 3.63) is 0 Å². The van der Waals surface area contributed by atoms with Crippen LogP contribution in [0.15, 0.2) is 0 Å². The van der Waals surface area contributed by atoms with E-state index in [1.807, 2.05) is 0 Å². The predicted octanol–water partition coefficient (Wildman–Crippen LogP) is 0.108. The van der Waals surface area contributed by atoms with Crippen LogP contribution in [-0.2, 0) is 14.3 Å². The van der Waals surface area contributed by atoms with Crippen molar-refractivity contribution >= 4 is 11.7 Å². The van der Waals surface area contributed by atoms with Crippen LogP contribution < -0.4 is 0 Å². The van der Waals surface area contributed by atoms with Crippen molar-refractivity contribution in [3.8, 4) is 0 Å². The largest absolute Gasteiger partial charge is 0.373 e. The summed E-state index contributed by atoms with van der Waals surface area (Å²) in [4.78, 5) is 24.3. The van der Waals surface area contributed by atoms with Crippen molar-refractivity contribution in [2.75, 3.05) is 6.54 Å². The number of Topliss-reactive ketones (excluding diaryl/α,β-unsaturated/α-hetero) is 1. The third-order valence-corrected chi connectivity index (χ3v) is 3.49. The minimum atomic E-state index is -0.00356. The monoisotopic (exact) mass is 195 g/mol. The van der Waals surface area contributed by atoms with Crippen LogP contribution in [0.3, 0.4) is 0 Å². The summed E-state index contributed by atoms with van der Waals surface area (Å²) >= 11 is 0. The van der Waals surface area contributed by atoms with Crippen LogP contribution >= 0.6 is 0 Å². The van der Waals surface area contributed by atoms with Crippen molar-refractivity contribution in [1.29, 1.82) is 0 Å². The summed E-state index contributed by atoms with van der Waals surface area (Å²) in [6.07, 6.45) is 3.76. The number of likely N-dealkylation sites (tertiary alicyclic amines) is 1. The standard InChI is InChI=1S/C10H13NO3/c12-6-3-10(13)11(5-6)8-4-7-1-2-9(8)14-7/h7-9H,1-5H2. The van der Waals surface area contributed by atoms with Gasteiger partial charge in [0.15, 0.2) is 5.78 Å². The fraction of sp³-hybridized carbons (Fsp3) is 0.800. The van der Waals surface area contributed by atoms with Crippen LogP contribution in [0, 0.1) is 0 Å². The Morgan fingerprint density at radius 1 is 1.29 bits per heavy atom. The van der Waals surface area contributed by atoms with Crippen LogP contribution in [0.5, 0.6) is 0 Å². The van der Waals surface area contributed by atoms with Crippen molar-refractivity contribution in [2.45, 2.75) is 43.9 Å². The molecule has 3 aliphatic heterocycles. The molecule has 2 bridgehead atoms. The summed E-state index contributed by atoms with van der Waals surface area (Å²) in [5.74, 6) is 0.0499. The zero-order valence-corrected chi connectivity index (χ0v) is 7.94. The smallest absolute Gasteiger partial charge is 0.230 e. The highest BCUT2D eigenvalue weighted by Crippen LogP contribution is 2.38. The van der Waals surface area contributed by atoms with Gasteiger partial charge in [-0.1, -0.05) is 0 Å². The van der Waals surface area contributed by atoms with Gasteiger partial charge in [-0.2, -0.15) is 0 Å². The molecular formula is C10H13NO3. The van der Waals surface area contributed by atoms with Crippen molar-refractivity contribution in [1.82, 2.24) is 4.90 Å². The first-order valence-corrected chi connectivity index (χ1v) is 5.20. The summed E-state index contributed by atoms with van der Waals surface area (Å²) in [6.45, 7) is 0.316. The minimum Gasteiger partial charge on any atom is -0.373 e. The van der Waals surface area contributed by atoms with Gasteiger partial charge in [-0.15, -0.1) is 0 Å². The molecule has 3 fully saturated rings. The fourth-order valence-electron chi connectivity index (χ4n) is 2.85. The summed E-state index contributed by atoms with van der Waals surface area (Å²) in [5, 5.41) is 0. The Labute approximate surface area is 82.2 Å². The van der Waals surface area contributed by atoms with E-state index in [4.69, 9.17) is 4.74 Å². The number of fused-ring (bicyclic) bond motifs is 2. The SMILES string of the molecule is O=C1CC(=O)N(C2CC3CCC2O3)C1. The molecule has 0 aromatic heterocycles. The van der Waals surface area contributed by atoms with Crippen LogP contribution in [0.1, 0.15) is 25.7 Å². The molecule has 76 valence electrons. The molecule has 3 rings (SSSR count). The Kier molecular flexibility index (Phi) is 1.68. The Morgan fingerprint density at radius 2 is 2.14 bits per heavy atom. The molecule has 4 heteroatoms. The van der Waals surface area contributed by atoms with Crippen LogP contribution in [0.4, 0.5) is 0 Å². The third-order valence-electron chi connectivity index (χ3n) is 3.49. The lowest BCUT2D eigenvalue weighted by Crippen LogP contribution is -2.42. The lowest BCUT2D eigenvalue weighted by molar-refractivity contribution is -0.130. The summed E-state index contributed by atoms with van der Waals surface area (Å²) in [6, 6.07) is 0.188. The van der Waals surface area contributed by atoms with Gasteiger partial charge in [0.25, 0.3) is 0 Å². The highest BCUT2D eigenvalue weighted by atomic mass is 16.5. The number of hydrogen-bond donors (Lipinski definition) is 0. The third kappa shape index (κ3) is 1.10. The van der Waals surface area contributed by atoms with Gasteiger partial charge >= 0.3 is 0 Å². The van der Waals surface area contributed by atoms with Gasteiger partial charge in [-0.3, -0.25) is 9.59 Å². The molecule has 3 unspecified atom stereocenters. The maximum Gasteiger partial charge on any atom is 0.230 e. The molecular weight excluding hydrogens is 182 g/mol. The van der Waals surface area contributed by atoms with Gasteiger partial charge in [-0.25, -0.2) is 0 Å². The summed E-state index contributed by atoms with van der Waals surface area (Å²) in [5.41, 5.74) is 0. The zero-order chi connectivity index (χ0) is 9.71. The number of carbonyl (C=O) groups excluding carboxylic acids is 2. The molecule has 4 nitrogen and oxygen atoms in total. The van der Waals surface area contributed by atoms with Gasteiger partial charge in [0.1, 0.15) is 0 Å². The van der Waals surface area contributed by atoms with Gasteiger partial charge in [0.05, 0.1) is 31.2 Å². The molecule has 0 saturated carbocycles. The number of ether oxygens (including phenoxy) is 1. The second kappa shape index (κ2) is 2.79. The quantitative estimate of drug-likeness (QED) is 0.558. The second-order valence-corrected chi connectivity index (χ2v) is 4.41. The van der Waals surface area contributed by atoms with Crippen molar-refractivity contribution in [2.24, 2.45) is 0 Å². The number of nitrogens with zero attached hydrogens (tertiary/aromatic N) is 1. The normalized spacial score (nSPS) is 41.4. The molecule has 14 heavy (non-hydrogen) atoms. The van der Waals surface area contributed by atoms with E-state index in [1.54, 1.807) is 4.90 Å². The lowest BCUT2D eigenvalue weighted by Gasteiger charge is -2.28. The topological polar surface area (TPSA) is 46.6 Å². The van der Waals surface area contributed by atoms with E-state index in [0.717, 1.165) is 19.3 Å². The molecule has 0 aliphatic carbocycles. The van der Waals surface area contributed by atoms with Crippen molar-refractivity contribution < 1.29 is 14.3 Å². The molecule has 0 aromatic rings. The van der Waals surface area contributed by atoms with E-state index >= 15 is 0 Å². The van der Waals surface area contributed by atoms with E-state index in [1.165, 1.54) is 0 Å². The number of amides is 1. The first kappa shape index (κ1) is 8.41. The minimum absolute atomic E-state index is 0.00356. The molecule has 3 aliphatic rings. The van der Waals surface area contributed by atoms with Crippen LogP contribution in [0.25, 0.3) is 0 Å². The Hall–Kier alpha value is -0.900. The van der Waals surface area contributed by atoms with E-state index < -0.39 is 0 Å². The first-order valence-electron chi connectivity index (χ1n) is 5.20. The number of carbonyl (C=O) groups is 2. The Balaban J connectivity index is 1.77. The van der Waals surface area contributed by atoms with E-state index in [9.17, 15) is 9.59 Å². The Morgan fingerprint density at radius 3 is 2.64 bits per heavy atom. The Bertz CT molecular complexity index is 302. The first-order chi connectivity index (χ1) is 6.74. The molecule has 0 aromatic carbocycles. The van der Waals surface area contributed by atoms with Crippen LogP contribution in [-0.4, -0.2) is 41.4 Å². The molecule has 3 heterocycles. The maximum absolute atomic E-state index is 11.5. The molecule has 0 spiro atoms. The second-order valence-electron chi connectivity index (χ2n) is 4.41. The molecule has 0 N–H and O–H groups in total. The average molecular weight is 195 g/mol. The summed E-state index contributed by atoms with van der Waals surface area (Å²) < 4.78 is 5.68. The predicted molar refractivity (Wildman–Crippen MR) is 47.6 cm³/mol. The van der Waals surface area contributed by atoms with Crippen LogP contribution in [0.2, 0.25) is 0 Å². The average Bonchev–Trinajstić information content (AvgIpc) is 2.79. The number of ketones is 1. The van der Waals surface area contributed by atoms with E-state index in [-0.39, 0.29) is 30.3 Å². The maximum atomic E-state index is 11.5. The van der Waals surface area contributed by atoms with E-state index in [2.05, 4.69) is 0 Å². The van der Waals surface area contributed by atoms with Gasteiger partial charge in [0.2, 0.25) is 5.91 Å². The van der Waals surface area contributed by atoms with Crippen molar-refractivity contribution in [3.63, 3.8) is 0 Å². The highest BCUT2D eigenvalue weighted by Gasteiger charge is 2.47. The van der Waals surface area contributed by atoms with Gasteiger partial charge in [-0.05, 0) is 19.3 Å². The van der Waals surface area contributed by atoms with Gasteiger partial charge in [0, 0.05) is 0 Å². The fourth-order valence-corrected chi connectivity index (χ4v) is 2.85. The molecule has 3 atom stereocenters.